The van der Waals surface area contributed by atoms with E-state index in [1.807, 2.05) is 0 Å². The van der Waals surface area contributed by atoms with E-state index in [0.29, 0.717) is 5.69 Å². The summed E-state index contributed by atoms with van der Waals surface area (Å²) in [6.07, 6.45) is 4.60. The number of halogens is 1. The first-order chi connectivity index (χ1) is 12.0. The lowest BCUT2D eigenvalue weighted by Gasteiger charge is -2.25. The van der Waals surface area contributed by atoms with E-state index in [-0.39, 0.29) is 23.2 Å². The summed E-state index contributed by atoms with van der Waals surface area (Å²) in [6.45, 7) is 1.55. The van der Waals surface area contributed by atoms with E-state index in [1.54, 1.807) is 13.0 Å². The molecule has 1 aromatic carbocycles. The van der Waals surface area contributed by atoms with Crippen molar-refractivity contribution in [1.29, 1.82) is 0 Å². The number of hydrogen-bond acceptors (Lipinski definition) is 4. The third kappa shape index (κ3) is 3.55. The Hall–Kier alpha value is -2.70. The zero-order valence-electron chi connectivity index (χ0n) is 14.0. The molecular weight excluding hydrogens is 325 g/mol. The van der Waals surface area contributed by atoms with E-state index in [0.717, 1.165) is 32.1 Å². The number of aliphatic imine (C=N–C) groups is 1. The summed E-state index contributed by atoms with van der Waals surface area (Å²) < 4.78 is 14.6. The molecule has 2 N–H and O–H groups in total. The summed E-state index contributed by atoms with van der Waals surface area (Å²) in [6, 6.07) is 5.48. The number of H-pyrrole nitrogens is 1. The first-order valence-electron chi connectivity index (χ1n) is 8.36. The normalized spacial score (nSPS) is 16.2. The first-order valence-corrected chi connectivity index (χ1v) is 8.36. The zero-order valence-corrected chi connectivity index (χ0v) is 14.0. The predicted molar refractivity (Wildman–Crippen MR) is 93.4 cm³/mol. The van der Waals surface area contributed by atoms with Crippen molar-refractivity contribution in [3.05, 3.63) is 56.5 Å². The van der Waals surface area contributed by atoms with Gasteiger partial charge in [-0.2, -0.15) is 0 Å². The molecule has 0 spiro atoms. The van der Waals surface area contributed by atoms with Gasteiger partial charge < -0.3 is 5.11 Å². The van der Waals surface area contributed by atoms with Crippen molar-refractivity contribution in [2.45, 2.75) is 45.1 Å². The molecule has 0 amide bonds. The molecule has 0 unspecified atom stereocenters. The molecule has 3 rings (SSSR count). The topological polar surface area (TPSA) is 87.4 Å². The van der Waals surface area contributed by atoms with Crippen molar-refractivity contribution in [2.24, 2.45) is 4.99 Å². The van der Waals surface area contributed by atoms with Crippen LogP contribution in [0.2, 0.25) is 0 Å². The van der Waals surface area contributed by atoms with E-state index in [2.05, 4.69) is 9.98 Å². The fraction of sp³-hybridized carbons (Fsp3) is 0.389. The first kappa shape index (κ1) is 17.1. The van der Waals surface area contributed by atoms with Gasteiger partial charge in [0.25, 0.3) is 5.56 Å². The average molecular weight is 345 g/mol. The van der Waals surface area contributed by atoms with Gasteiger partial charge in [-0.05, 0) is 38.0 Å². The molecule has 1 heterocycles. The fourth-order valence-corrected chi connectivity index (χ4v) is 3.34. The monoisotopic (exact) mass is 345 g/mol. The second-order valence-corrected chi connectivity index (χ2v) is 6.30. The Kier molecular flexibility index (Phi) is 4.83. The van der Waals surface area contributed by atoms with E-state index in [1.165, 1.54) is 22.8 Å². The van der Waals surface area contributed by atoms with Crippen molar-refractivity contribution in [3.8, 4) is 5.88 Å². The summed E-state index contributed by atoms with van der Waals surface area (Å²) in [4.78, 5) is 30.9. The molecule has 2 aromatic rings. The van der Waals surface area contributed by atoms with Gasteiger partial charge in [0.2, 0.25) is 5.88 Å². The molecule has 1 aromatic heterocycles. The molecule has 6 nitrogen and oxygen atoms in total. The van der Waals surface area contributed by atoms with E-state index in [9.17, 15) is 19.1 Å². The Bertz CT molecular complexity index is 924. The Labute approximate surface area is 143 Å². The van der Waals surface area contributed by atoms with Crippen molar-refractivity contribution >= 4 is 11.4 Å². The maximum absolute atomic E-state index is 13.3. The minimum Gasteiger partial charge on any atom is -0.494 e. The largest absolute Gasteiger partial charge is 0.494 e. The quantitative estimate of drug-likeness (QED) is 0.838. The van der Waals surface area contributed by atoms with E-state index in [4.69, 9.17) is 0 Å². The second kappa shape index (κ2) is 7.04. The number of aromatic amines is 1. The molecule has 0 radical (unpaired) electrons. The highest BCUT2D eigenvalue weighted by Crippen LogP contribution is 2.30. The molecule has 25 heavy (non-hydrogen) atoms. The predicted octanol–water partition coefficient (Wildman–Crippen LogP) is 3.03. The van der Waals surface area contributed by atoms with Crippen molar-refractivity contribution < 1.29 is 9.50 Å². The Balaban J connectivity index is 2.09. The standard InChI is InChI=1S/C18H20FN3O3/c1-11(20-13-7-5-6-12(19)10-13)15-16(23)21-18(25)22(17(15)24)14-8-3-2-4-9-14/h5-7,10,14,24H,2-4,8-9H2,1H3,(H,21,23,25). The number of benzene rings is 1. The maximum Gasteiger partial charge on any atom is 0.331 e. The lowest BCUT2D eigenvalue weighted by Crippen LogP contribution is -2.36. The highest BCUT2D eigenvalue weighted by atomic mass is 19.1. The molecule has 0 atom stereocenters. The van der Waals surface area contributed by atoms with Crippen molar-refractivity contribution in [2.75, 3.05) is 0 Å². The van der Waals surface area contributed by atoms with Crippen molar-refractivity contribution in [1.82, 2.24) is 9.55 Å². The van der Waals surface area contributed by atoms with E-state index < -0.39 is 17.1 Å². The molecule has 1 aliphatic carbocycles. The van der Waals surface area contributed by atoms with Gasteiger partial charge in [-0.25, -0.2) is 9.18 Å². The van der Waals surface area contributed by atoms with Crippen LogP contribution < -0.4 is 11.2 Å². The number of nitrogens with one attached hydrogen (secondary N) is 1. The van der Waals surface area contributed by atoms with Gasteiger partial charge in [0.15, 0.2) is 0 Å². The second-order valence-electron chi connectivity index (χ2n) is 6.30. The number of aromatic nitrogens is 2. The summed E-state index contributed by atoms with van der Waals surface area (Å²) in [5, 5.41) is 10.6. The van der Waals surface area contributed by atoms with Gasteiger partial charge in [-0.1, -0.05) is 25.3 Å². The van der Waals surface area contributed by atoms with Crippen LogP contribution in [0.3, 0.4) is 0 Å². The number of hydrogen-bond donors (Lipinski definition) is 2. The third-order valence-electron chi connectivity index (χ3n) is 4.52. The lowest BCUT2D eigenvalue weighted by molar-refractivity contribution is 0.298. The molecule has 0 aliphatic heterocycles. The summed E-state index contributed by atoms with van der Waals surface area (Å²) in [5.41, 5.74) is -0.834. The molecule has 1 saturated carbocycles. The van der Waals surface area contributed by atoms with Gasteiger partial charge in [-0.3, -0.25) is 19.3 Å². The molecule has 1 fully saturated rings. The minimum absolute atomic E-state index is 0.0607. The van der Waals surface area contributed by atoms with Gasteiger partial charge >= 0.3 is 5.69 Å². The SMILES string of the molecule is CC(=Nc1cccc(F)c1)c1c(O)n(C2CCCCC2)c(=O)[nH]c1=O. The minimum atomic E-state index is -0.702. The fourth-order valence-electron chi connectivity index (χ4n) is 3.34. The van der Waals surface area contributed by atoms with Crippen LogP contribution in [0.15, 0.2) is 38.8 Å². The molecule has 132 valence electrons. The Morgan fingerprint density at radius 3 is 2.68 bits per heavy atom. The van der Waals surface area contributed by atoms with Gasteiger partial charge in [0.1, 0.15) is 11.4 Å². The maximum atomic E-state index is 13.3. The third-order valence-corrected chi connectivity index (χ3v) is 4.52. The van der Waals surface area contributed by atoms with Crippen LogP contribution in [0.1, 0.15) is 50.6 Å². The summed E-state index contributed by atoms with van der Waals surface area (Å²) >= 11 is 0. The van der Waals surface area contributed by atoms with Crippen LogP contribution in [-0.4, -0.2) is 20.4 Å². The number of rotatable bonds is 3. The van der Waals surface area contributed by atoms with Gasteiger partial charge in [-0.15, -0.1) is 0 Å². The molecular formula is C18H20FN3O3. The molecule has 0 saturated heterocycles. The van der Waals surface area contributed by atoms with Crippen LogP contribution in [0.25, 0.3) is 0 Å². The zero-order chi connectivity index (χ0) is 18.0. The highest BCUT2D eigenvalue weighted by Gasteiger charge is 2.24. The average Bonchev–Trinajstić information content (AvgIpc) is 2.55. The molecule has 0 bridgehead atoms. The number of aromatic hydroxyl groups is 1. The van der Waals surface area contributed by atoms with Crippen LogP contribution in [-0.2, 0) is 0 Å². The van der Waals surface area contributed by atoms with Crippen molar-refractivity contribution in [3.63, 3.8) is 0 Å². The number of nitrogens with zero attached hydrogens (tertiary/aromatic N) is 2. The van der Waals surface area contributed by atoms with Crippen LogP contribution in [0.4, 0.5) is 10.1 Å². The molecule has 1 aliphatic rings. The van der Waals surface area contributed by atoms with E-state index >= 15 is 0 Å². The highest BCUT2D eigenvalue weighted by molar-refractivity contribution is 6.01. The van der Waals surface area contributed by atoms with Gasteiger partial charge in [0.05, 0.1) is 11.4 Å². The summed E-state index contributed by atoms with van der Waals surface area (Å²) in [5.74, 6) is -0.822. The van der Waals surface area contributed by atoms with Crippen LogP contribution in [0, 0.1) is 5.82 Å². The van der Waals surface area contributed by atoms with Gasteiger partial charge in [0, 0.05) is 6.04 Å². The smallest absolute Gasteiger partial charge is 0.331 e. The lowest BCUT2D eigenvalue weighted by atomic mass is 9.95. The Morgan fingerprint density at radius 1 is 1.28 bits per heavy atom. The van der Waals surface area contributed by atoms with Crippen LogP contribution in [0.5, 0.6) is 5.88 Å². The Morgan fingerprint density at radius 2 is 2.00 bits per heavy atom. The molecule has 7 heteroatoms. The summed E-state index contributed by atoms with van der Waals surface area (Å²) in [7, 11) is 0. The van der Waals surface area contributed by atoms with Crippen LogP contribution >= 0.6 is 0 Å².